The lowest BCUT2D eigenvalue weighted by Crippen LogP contribution is -2.29. The first kappa shape index (κ1) is 12.8. The van der Waals surface area contributed by atoms with Crippen LogP contribution in [0.25, 0.3) is 0 Å². The van der Waals surface area contributed by atoms with Crippen molar-refractivity contribution in [3.63, 3.8) is 0 Å². The molecule has 0 spiro atoms. The summed E-state index contributed by atoms with van der Waals surface area (Å²) in [6.45, 7) is 2.41. The van der Waals surface area contributed by atoms with Crippen molar-refractivity contribution in [3.8, 4) is 0 Å². The largest absolute Gasteiger partial charge is 0.478 e. The minimum atomic E-state index is -0.989. The summed E-state index contributed by atoms with van der Waals surface area (Å²) < 4.78 is 0. The van der Waals surface area contributed by atoms with Gasteiger partial charge in [0.1, 0.15) is 5.69 Å². The number of nitrogens with zero attached hydrogens (tertiary/aromatic N) is 2. The third-order valence-electron chi connectivity index (χ3n) is 3.31. The Balaban J connectivity index is 1.97. The molecule has 102 valence electrons. The van der Waals surface area contributed by atoms with E-state index in [4.69, 9.17) is 5.11 Å². The quantitative estimate of drug-likeness (QED) is 0.921. The summed E-state index contributed by atoms with van der Waals surface area (Å²) in [7, 11) is 0. The monoisotopic (exact) mass is 288 g/mol. The SMILES string of the molecule is Cc1nc(C(=O)N2CCc3ccc(C(=O)O)cc32)cs1. The summed E-state index contributed by atoms with van der Waals surface area (Å²) in [5.74, 6) is -1.16. The van der Waals surface area contributed by atoms with E-state index in [-0.39, 0.29) is 11.5 Å². The van der Waals surface area contributed by atoms with E-state index in [0.717, 1.165) is 17.0 Å². The fourth-order valence-electron chi connectivity index (χ4n) is 2.32. The maximum atomic E-state index is 12.4. The number of amides is 1. The molecule has 0 saturated carbocycles. The van der Waals surface area contributed by atoms with Crippen LogP contribution in [0.15, 0.2) is 23.6 Å². The summed E-state index contributed by atoms with van der Waals surface area (Å²) >= 11 is 1.43. The topological polar surface area (TPSA) is 70.5 Å². The van der Waals surface area contributed by atoms with Gasteiger partial charge in [0.25, 0.3) is 5.91 Å². The number of anilines is 1. The minimum absolute atomic E-state index is 0.171. The van der Waals surface area contributed by atoms with Crippen LogP contribution < -0.4 is 4.90 Å². The van der Waals surface area contributed by atoms with E-state index in [9.17, 15) is 9.59 Å². The zero-order chi connectivity index (χ0) is 14.3. The molecule has 1 aromatic heterocycles. The van der Waals surface area contributed by atoms with E-state index in [2.05, 4.69) is 4.98 Å². The van der Waals surface area contributed by atoms with Gasteiger partial charge in [-0.25, -0.2) is 9.78 Å². The average molecular weight is 288 g/mol. The number of benzene rings is 1. The van der Waals surface area contributed by atoms with Crippen LogP contribution in [0.1, 0.15) is 31.4 Å². The molecule has 2 heterocycles. The number of fused-ring (bicyclic) bond motifs is 1. The maximum absolute atomic E-state index is 12.4. The van der Waals surface area contributed by atoms with Crippen molar-refractivity contribution in [2.45, 2.75) is 13.3 Å². The van der Waals surface area contributed by atoms with Crippen LogP contribution in [-0.2, 0) is 6.42 Å². The summed E-state index contributed by atoms with van der Waals surface area (Å²) in [6.07, 6.45) is 0.740. The predicted molar refractivity (Wildman–Crippen MR) is 75.6 cm³/mol. The number of carboxylic acid groups (broad SMARTS) is 1. The number of carbonyl (C=O) groups is 2. The molecule has 2 aromatic rings. The fourth-order valence-corrected chi connectivity index (χ4v) is 2.91. The first-order valence-corrected chi connectivity index (χ1v) is 7.04. The lowest BCUT2D eigenvalue weighted by atomic mass is 10.1. The third kappa shape index (κ3) is 2.08. The Morgan fingerprint density at radius 2 is 2.20 bits per heavy atom. The molecule has 0 atom stereocenters. The molecule has 0 bridgehead atoms. The normalized spacial score (nSPS) is 13.3. The Labute approximate surface area is 119 Å². The average Bonchev–Trinajstić information content (AvgIpc) is 3.03. The van der Waals surface area contributed by atoms with Crippen LogP contribution >= 0.6 is 11.3 Å². The van der Waals surface area contributed by atoms with E-state index < -0.39 is 5.97 Å². The molecular formula is C14H12N2O3S. The lowest BCUT2D eigenvalue weighted by molar-refractivity contribution is 0.0696. The van der Waals surface area contributed by atoms with Gasteiger partial charge in [-0.05, 0) is 31.0 Å². The van der Waals surface area contributed by atoms with Gasteiger partial charge in [0.15, 0.2) is 0 Å². The van der Waals surface area contributed by atoms with Crippen molar-refractivity contribution in [2.24, 2.45) is 0 Å². The fraction of sp³-hybridized carbons (Fsp3) is 0.214. The second kappa shape index (κ2) is 4.72. The Morgan fingerprint density at radius 1 is 1.40 bits per heavy atom. The molecule has 0 unspecified atom stereocenters. The highest BCUT2D eigenvalue weighted by atomic mass is 32.1. The number of aromatic carboxylic acids is 1. The first-order valence-electron chi connectivity index (χ1n) is 6.16. The van der Waals surface area contributed by atoms with Gasteiger partial charge in [0.05, 0.1) is 10.6 Å². The lowest BCUT2D eigenvalue weighted by Gasteiger charge is -2.16. The Morgan fingerprint density at radius 3 is 2.85 bits per heavy atom. The Bertz CT molecular complexity index is 708. The number of carboxylic acids is 1. The number of hydrogen-bond acceptors (Lipinski definition) is 4. The van der Waals surface area contributed by atoms with E-state index in [0.29, 0.717) is 17.9 Å². The van der Waals surface area contributed by atoms with Crippen LogP contribution in [0.5, 0.6) is 0 Å². The molecular weight excluding hydrogens is 276 g/mol. The maximum Gasteiger partial charge on any atom is 0.335 e. The highest BCUT2D eigenvalue weighted by Crippen LogP contribution is 2.30. The third-order valence-corrected chi connectivity index (χ3v) is 4.08. The van der Waals surface area contributed by atoms with Gasteiger partial charge in [-0.3, -0.25) is 4.79 Å². The van der Waals surface area contributed by atoms with Crippen molar-refractivity contribution in [3.05, 3.63) is 45.4 Å². The van der Waals surface area contributed by atoms with Gasteiger partial charge in [0, 0.05) is 17.6 Å². The summed E-state index contributed by atoms with van der Waals surface area (Å²) in [6, 6.07) is 4.91. The highest BCUT2D eigenvalue weighted by Gasteiger charge is 2.27. The summed E-state index contributed by atoms with van der Waals surface area (Å²) in [4.78, 5) is 29.3. The molecule has 0 radical (unpaired) electrons. The van der Waals surface area contributed by atoms with Gasteiger partial charge in [-0.1, -0.05) is 6.07 Å². The first-order chi connectivity index (χ1) is 9.56. The predicted octanol–water partition coefficient (Wildman–Crippen LogP) is 2.35. The molecule has 0 aliphatic carbocycles. The Hall–Kier alpha value is -2.21. The van der Waals surface area contributed by atoms with Crippen molar-refractivity contribution in [2.75, 3.05) is 11.4 Å². The van der Waals surface area contributed by atoms with Crippen LogP contribution in [0, 0.1) is 6.92 Å². The van der Waals surface area contributed by atoms with Crippen LogP contribution in [-0.4, -0.2) is 28.5 Å². The number of aryl methyl sites for hydroxylation is 1. The molecule has 3 rings (SSSR count). The minimum Gasteiger partial charge on any atom is -0.478 e. The molecule has 20 heavy (non-hydrogen) atoms. The van der Waals surface area contributed by atoms with Gasteiger partial charge < -0.3 is 10.0 Å². The van der Waals surface area contributed by atoms with E-state index in [1.165, 1.54) is 11.3 Å². The molecule has 6 heteroatoms. The summed E-state index contributed by atoms with van der Waals surface area (Å²) in [5.41, 5.74) is 2.29. The van der Waals surface area contributed by atoms with Crippen LogP contribution in [0.4, 0.5) is 5.69 Å². The number of thiazole rings is 1. The molecule has 0 saturated heterocycles. The number of carbonyl (C=O) groups excluding carboxylic acids is 1. The molecule has 1 aliphatic heterocycles. The van der Waals surface area contributed by atoms with Crippen molar-refractivity contribution in [1.82, 2.24) is 4.98 Å². The molecule has 1 aromatic carbocycles. The van der Waals surface area contributed by atoms with Crippen LogP contribution in [0.2, 0.25) is 0 Å². The highest BCUT2D eigenvalue weighted by molar-refractivity contribution is 7.09. The van der Waals surface area contributed by atoms with Gasteiger partial charge in [0.2, 0.25) is 0 Å². The standard InChI is InChI=1S/C14H12N2O3S/c1-8-15-11(7-20-8)13(17)16-5-4-9-2-3-10(14(18)19)6-12(9)16/h2-3,6-7H,4-5H2,1H3,(H,18,19). The van der Waals surface area contributed by atoms with Crippen molar-refractivity contribution in [1.29, 1.82) is 0 Å². The molecule has 0 fully saturated rings. The number of hydrogen-bond donors (Lipinski definition) is 1. The van der Waals surface area contributed by atoms with Gasteiger partial charge >= 0.3 is 5.97 Å². The van der Waals surface area contributed by atoms with E-state index >= 15 is 0 Å². The smallest absolute Gasteiger partial charge is 0.335 e. The van der Waals surface area contributed by atoms with Crippen molar-refractivity contribution < 1.29 is 14.7 Å². The van der Waals surface area contributed by atoms with E-state index in [1.807, 2.05) is 6.92 Å². The second-order valence-corrected chi connectivity index (χ2v) is 5.67. The molecule has 1 amide bonds. The number of rotatable bonds is 2. The van der Waals surface area contributed by atoms with Crippen LogP contribution in [0.3, 0.4) is 0 Å². The number of aromatic nitrogens is 1. The van der Waals surface area contributed by atoms with Gasteiger partial charge in [-0.2, -0.15) is 0 Å². The van der Waals surface area contributed by atoms with Gasteiger partial charge in [-0.15, -0.1) is 11.3 Å². The Kier molecular flexibility index (Phi) is 3.02. The zero-order valence-corrected chi connectivity index (χ0v) is 11.6. The summed E-state index contributed by atoms with van der Waals surface area (Å²) in [5, 5.41) is 11.6. The van der Waals surface area contributed by atoms with Crippen molar-refractivity contribution >= 4 is 28.9 Å². The second-order valence-electron chi connectivity index (χ2n) is 4.61. The zero-order valence-electron chi connectivity index (χ0n) is 10.8. The molecule has 5 nitrogen and oxygen atoms in total. The molecule has 1 aliphatic rings. The molecule has 1 N–H and O–H groups in total. The van der Waals surface area contributed by atoms with E-state index in [1.54, 1.807) is 28.5 Å².